The van der Waals surface area contributed by atoms with E-state index in [-0.39, 0.29) is 5.54 Å². The van der Waals surface area contributed by atoms with Gasteiger partial charge in [-0.1, -0.05) is 45.4 Å². The molecule has 2 N–H and O–H groups in total. The van der Waals surface area contributed by atoms with Crippen molar-refractivity contribution in [2.24, 2.45) is 5.73 Å². The lowest BCUT2D eigenvalue weighted by Gasteiger charge is -2.18. The van der Waals surface area contributed by atoms with Crippen molar-refractivity contribution in [2.75, 3.05) is 13.2 Å². The third-order valence-electron chi connectivity index (χ3n) is 2.37. The maximum absolute atomic E-state index is 5.81. The van der Waals surface area contributed by atoms with Gasteiger partial charge in [-0.2, -0.15) is 0 Å². The first-order valence-electron chi connectivity index (χ1n) is 6.43. The third kappa shape index (κ3) is 13.9. The van der Waals surface area contributed by atoms with Gasteiger partial charge in [-0.05, 0) is 20.3 Å². The average molecular weight is 215 g/mol. The van der Waals surface area contributed by atoms with Crippen molar-refractivity contribution in [1.82, 2.24) is 0 Å². The van der Waals surface area contributed by atoms with E-state index in [1.54, 1.807) is 0 Å². The Balaban J connectivity index is 2.99. The van der Waals surface area contributed by atoms with Crippen LogP contribution in [0.15, 0.2) is 0 Å². The van der Waals surface area contributed by atoms with Crippen molar-refractivity contribution in [1.29, 1.82) is 0 Å². The van der Waals surface area contributed by atoms with Gasteiger partial charge in [-0.25, -0.2) is 0 Å². The maximum atomic E-state index is 5.81. The van der Waals surface area contributed by atoms with Crippen LogP contribution < -0.4 is 5.73 Å². The van der Waals surface area contributed by atoms with Gasteiger partial charge in [-0.3, -0.25) is 0 Å². The van der Waals surface area contributed by atoms with Gasteiger partial charge in [0.2, 0.25) is 0 Å². The van der Waals surface area contributed by atoms with E-state index in [0.717, 1.165) is 6.61 Å². The molecule has 0 aromatic rings. The van der Waals surface area contributed by atoms with Crippen LogP contribution in [0, 0.1) is 0 Å². The third-order valence-corrected chi connectivity index (χ3v) is 2.37. The van der Waals surface area contributed by atoms with Crippen LogP contribution in [0.25, 0.3) is 0 Å². The second-order valence-corrected chi connectivity index (χ2v) is 5.16. The lowest BCUT2D eigenvalue weighted by Crippen LogP contribution is -2.37. The molecule has 0 fully saturated rings. The Kier molecular flexibility index (Phi) is 9.12. The highest BCUT2D eigenvalue weighted by molar-refractivity contribution is 4.69. The fraction of sp³-hybridized carbons (Fsp3) is 1.00. The monoisotopic (exact) mass is 215 g/mol. The van der Waals surface area contributed by atoms with Crippen LogP contribution >= 0.6 is 0 Å². The molecule has 0 spiro atoms. The SMILES string of the molecule is CCCCCCCCCOCC(C)(C)N. The minimum absolute atomic E-state index is 0.179. The summed E-state index contributed by atoms with van der Waals surface area (Å²) in [5.74, 6) is 0. The molecular formula is C13H29NO. The number of ether oxygens (including phenoxy) is 1. The predicted molar refractivity (Wildman–Crippen MR) is 67.1 cm³/mol. The number of hydrogen-bond donors (Lipinski definition) is 1. The Morgan fingerprint density at radius 2 is 1.47 bits per heavy atom. The van der Waals surface area contributed by atoms with Gasteiger partial charge in [-0.15, -0.1) is 0 Å². The van der Waals surface area contributed by atoms with E-state index >= 15 is 0 Å². The summed E-state index contributed by atoms with van der Waals surface area (Å²) >= 11 is 0. The van der Waals surface area contributed by atoms with E-state index < -0.39 is 0 Å². The van der Waals surface area contributed by atoms with E-state index in [1.165, 1.54) is 44.9 Å². The quantitative estimate of drug-likeness (QED) is 0.566. The van der Waals surface area contributed by atoms with E-state index in [0.29, 0.717) is 6.61 Å². The Labute approximate surface area is 95.6 Å². The molecule has 0 saturated heterocycles. The lowest BCUT2D eigenvalue weighted by molar-refractivity contribution is 0.0940. The molecular weight excluding hydrogens is 186 g/mol. The van der Waals surface area contributed by atoms with Crippen LogP contribution in [0.5, 0.6) is 0 Å². The van der Waals surface area contributed by atoms with Crippen molar-refractivity contribution in [3.05, 3.63) is 0 Å². The summed E-state index contributed by atoms with van der Waals surface area (Å²) in [6.07, 6.45) is 9.34. The zero-order valence-corrected chi connectivity index (χ0v) is 10.8. The highest BCUT2D eigenvalue weighted by Crippen LogP contribution is 2.07. The Morgan fingerprint density at radius 3 is 2.00 bits per heavy atom. The molecule has 0 aliphatic carbocycles. The molecule has 0 aromatic heterocycles. The smallest absolute Gasteiger partial charge is 0.0640 e. The highest BCUT2D eigenvalue weighted by atomic mass is 16.5. The van der Waals surface area contributed by atoms with Crippen LogP contribution in [0.2, 0.25) is 0 Å². The molecule has 0 radical (unpaired) electrons. The van der Waals surface area contributed by atoms with Crippen molar-refractivity contribution in [3.8, 4) is 0 Å². The number of rotatable bonds is 10. The molecule has 0 rings (SSSR count). The topological polar surface area (TPSA) is 35.2 Å². The van der Waals surface area contributed by atoms with Crippen LogP contribution in [0.1, 0.15) is 65.7 Å². The van der Waals surface area contributed by atoms with E-state index in [4.69, 9.17) is 10.5 Å². The van der Waals surface area contributed by atoms with Crippen LogP contribution in [0.3, 0.4) is 0 Å². The minimum Gasteiger partial charge on any atom is -0.380 e. The predicted octanol–water partition coefficient (Wildman–Crippen LogP) is 3.49. The second kappa shape index (κ2) is 9.17. The average Bonchev–Trinajstić information content (AvgIpc) is 2.14. The van der Waals surface area contributed by atoms with Gasteiger partial charge in [0.25, 0.3) is 0 Å². The Hall–Kier alpha value is -0.0800. The van der Waals surface area contributed by atoms with Crippen molar-refractivity contribution >= 4 is 0 Å². The number of unbranched alkanes of at least 4 members (excludes halogenated alkanes) is 6. The fourth-order valence-electron chi connectivity index (χ4n) is 1.50. The van der Waals surface area contributed by atoms with Gasteiger partial charge in [0.1, 0.15) is 0 Å². The standard InChI is InChI=1S/C13H29NO/c1-4-5-6-7-8-9-10-11-15-12-13(2,3)14/h4-12,14H2,1-3H3. The zero-order valence-electron chi connectivity index (χ0n) is 10.8. The summed E-state index contributed by atoms with van der Waals surface area (Å²) in [6, 6.07) is 0. The molecule has 0 aliphatic heterocycles. The minimum atomic E-state index is -0.179. The summed E-state index contributed by atoms with van der Waals surface area (Å²) in [5, 5.41) is 0. The number of hydrogen-bond acceptors (Lipinski definition) is 2. The van der Waals surface area contributed by atoms with Crippen molar-refractivity contribution in [2.45, 2.75) is 71.3 Å². The van der Waals surface area contributed by atoms with Gasteiger partial charge in [0, 0.05) is 12.1 Å². The summed E-state index contributed by atoms with van der Waals surface area (Å²) in [5.41, 5.74) is 5.63. The lowest BCUT2D eigenvalue weighted by atomic mass is 10.1. The Bertz CT molecular complexity index is 129. The van der Waals surface area contributed by atoms with Gasteiger partial charge >= 0.3 is 0 Å². The summed E-state index contributed by atoms with van der Waals surface area (Å²) in [6.45, 7) is 7.79. The van der Waals surface area contributed by atoms with E-state index in [2.05, 4.69) is 6.92 Å². The first kappa shape index (κ1) is 14.9. The Morgan fingerprint density at radius 1 is 0.933 bits per heavy atom. The molecule has 2 heteroatoms. The molecule has 0 saturated carbocycles. The molecule has 0 unspecified atom stereocenters. The summed E-state index contributed by atoms with van der Waals surface area (Å²) < 4.78 is 5.50. The van der Waals surface area contributed by atoms with Crippen LogP contribution in [-0.2, 0) is 4.74 Å². The molecule has 0 heterocycles. The zero-order chi connectivity index (χ0) is 11.6. The molecule has 0 atom stereocenters. The van der Waals surface area contributed by atoms with Gasteiger partial charge in [0.05, 0.1) is 6.61 Å². The number of nitrogens with two attached hydrogens (primary N) is 1. The van der Waals surface area contributed by atoms with Crippen molar-refractivity contribution in [3.63, 3.8) is 0 Å². The maximum Gasteiger partial charge on any atom is 0.0640 e. The first-order chi connectivity index (χ1) is 7.06. The van der Waals surface area contributed by atoms with Crippen molar-refractivity contribution < 1.29 is 4.74 Å². The molecule has 0 aromatic carbocycles. The normalized spacial score (nSPS) is 12.0. The highest BCUT2D eigenvalue weighted by Gasteiger charge is 2.09. The summed E-state index contributed by atoms with van der Waals surface area (Å²) in [7, 11) is 0. The van der Waals surface area contributed by atoms with Crippen LogP contribution in [0.4, 0.5) is 0 Å². The molecule has 92 valence electrons. The van der Waals surface area contributed by atoms with Crippen LogP contribution in [-0.4, -0.2) is 18.8 Å². The molecule has 0 bridgehead atoms. The molecule has 0 aliphatic rings. The fourth-order valence-corrected chi connectivity index (χ4v) is 1.50. The van der Waals surface area contributed by atoms with E-state index in [9.17, 15) is 0 Å². The molecule has 0 amide bonds. The molecule has 2 nitrogen and oxygen atoms in total. The van der Waals surface area contributed by atoms with E-state index in [1.807, 2.05) is 13.8 Å². The molecule has 15 heavy (non-hydrogen) atoms. The van der Waals surface area contributed by atoms with Gasteiger partial charge in [0.15, 0.2) is 0 Å². The first-order valence-corrected chi connectivity index (χ1v) is 6.43. The largest absolute Gasteiger partial charge is 0.380 e. The second-order valence-electron chi connectivity index (χ2n) is 5.16. The van der Waals surface area contributed by atoms with Gasteiger partial charge < -0.3 is 10.5 Å². The summed E-state index contributed by atoms with van der Waals surface area (Å²) in [4.78, 5) is 0.